The van der Waals surface area contributed by atoms with Gasteiger partial charge in [0.1, 0.15) is 6.02 Å². The molecular formula is C5H9NO4. The summed E-state index contributed by atoms with van der Waals surface area (Å²) in [4.78, 5) is 20.6. The Kier molecular flexibility index (Phi) is 2.54. The van der Waals surface area contributed by atoms with Gasteiger partial charge in [0.2, 0.25) is 0 Å². The van der Waals surface area contributed by atoms with Crippen LogP contribution >= 0.6 is 0 Å². The van der Waals surface area contributed by atoms with Crippen LogP contribution < -0.4 is 5.32 Å². The van der Waals surface area contributed by atoms with Gasteiger partial charge in [0.25, 0.3) is 0 Å². The average Bonchev–Trinajstić information content (AvgIpc) is 1.86. The van der Waals surface area contributed by atoms with Gasteiger partial charge in [0, 0.05) is 0 Å². The lowest BCUT2D eigenvalue weighted by Crippen LogP contribution is -2.38. The van der Waals surface area contributed by atoms with Gasteiger partial charge in [-0.2, -0.15) is 0 Å². The SMILES string of the molecule is [2H][C@@](C)(NC(=O)OC)C(=O)O. The van der Waals surface area contributed by atoms with Gasteiger partial charge in [-0.3, -0.25) is 4.79 Å². The molecule has 0 aromatic carbocycles. The number of carbonyl (C=O) groups excluding carboxylic acids is 1. The molecule has 0 saturated heterocycles. The van der Waals surface area contributed by atoms with Crippen LogP contribution in [-0.4, -0.2) is 30.3 Å². The van der Waals surface area contributed by atoms with Crippen LogP contribution in [0.15, 0.2) is 0 Å². The van der Waals surface area contributed by atoms with Crippen LogP contribution in [-0.2, 0) is 9.53 Å². The third-order valence-electron chi connectivity index (χ3n) is 0.796. The molecule has 0 spiro atoms. The summed E-state index contributed by atoms with van der Waals surface area (Å²) in [6.07, 6.45) is -0.940. The number of rotatable bonds is 2. The maximum Gasteiger partial charge on any atom is 0.407 e. The Bertz CT molecular complexity index is 179. The zero-order chi connectivity index (χ0) is 9.07. The Morgan fingerprint density at radius 2 is 2.30 bits per heavy atom. The molecule has 0 unspecified atom stereocenters. The summed E-state index contributed by atoms with van der Waals surface area (Å²) in [5.41, 5.74) is 0. The fraction of sp³-hybridized carbons (Fsp3) is 0.600. The molecule has 2 N–H and O–H groups in total. The molecule has 1 amide bonds. The van der Waals surface area contributed by atoms with E-state index in [0.717, 1.165) is 14.0 Å². The highest BCUT2D eigenvalue weighted by atomic mass is 16.5. The van der Waals surface area contributed by atoms with Gasteiger partial charge in [-0.1, -0.05) is 0 Å². The summed E-state index contributed by atoms with van der Waals surface area (Å²) in [7, 11) is 1.09. The Morgan fingerprint density at radius 3 is 2.60 bits per heavy atom. The van der Waals surface area contributed by atoms with Crippen LogP contribution in [0, 0.1) is 0 Å². The van der Waals surface area contributed by atoms with Crippen molar-refractivity contribution in [1.29, 1.82) is 0 Å². The summed E-state index contributed by atoms with van der Waals surface area (Å²) in [5.74, 6) is -1.44. The number of carboxylic acids is 1. The monoisotopic (exact) mass is 148 g/mol. The van der Waals surface area contributed by atoms with Crippen molar-refractivity contribution < 1.29 is 20.8 Å². The minimum Gasteiger partial charge on any atom is -0.480 e. The van der Waals surface area contributed by atoms with Crippen LogP contribution in [0.2, 0.25) is 0 Å². The topological polar surface area (TPSA) is 75.6 Å². The first kappa shape index (κ1) is 6.85. The Morgan fingerprint density at radius 1 is 1.80 bits per heavy atom. The number of amides is 1. The van der Waals surface area contributed by atoms with Crippen molar-refractivity contribution in [3.8, 4) is 0 Å². The molecule has 0 aliphatic carbocycles. The number of alkyl carbamates (subject to hydrolysis) is 1. The van der Waals surface area contributed by atoms with Crippen LogP contribution in [0.3, 0.4) is 0 Å². The van der Waals surface area contributed by atoms with E-state index in [-0.39, 0.29) is 0 Å². The highest BCUT2D eigenvalue weighted by Crippen LogP contribution is 1.81. The first-order valence-corrected chi connectivity index (χ1v) is 2.49. The van der Waals surface area contributed by atoms with E-state index in [1.165, 1.54) is 0 Å². The zero-order valence-electron chi connectivity index (χ0n) is 6.67. The predicted octanol–water partition coefficient (Wildman–Crippen LogP) is -0.184. The lowest BCUT2D eigenvalue weighted by atomic mass is 10.4. The van der Waals surface area contributed by atoms with Crippen molar-refractivity contribution in [2.24, 2.45) is 0 Å². The highest BCUT2D eigenvalue weighted by molar-refractivity contribution is 5.79. The second-order valence-corrected chi connectivity index (χ2v) is 1.55. The smallest absolute Gasteiger partial charge is 0.407 e. The first-order valence-electron chi connectivity index (χ1n) is 2.99. The number of methoxy groups -OCH3 is 1. The van der Waals surface area contributed by atoms with Gasteiger partial charge in [0.15, 0.2) is 0 Å². The molecule has 0 saturated carbocycles. The van der Waals surface area contributed by atoms with Crippen LogP contribution in [0.4, 0.5) is 4.79 Å². The maximum absolute atomic E-state index is 10.4. The van der Waals surface area contributed by atoms with Crippen molar-refractivity contribution >= 4 is 12.1 Å². The zero-order valence-corrected chi connectivity index (χ0v) is 5.67. The van der Waals surface area contributed by atoms with E-state index in [0.29, 0.717) is 0 Å². The molecule has 0 heterocycles. The van der Waals surface area contributed by atoms with Crippen molar-refractivity contribution in [1.82, 2.24) is 5.32 Å². The van der Waals surface area contributed by atoms with E-state index in [1.807, 2.05) is 5.32 Å². The average molecular weight is 148 g/mol. The second kappa shape index (κ2) is 3.71. The normalized spacial score (nSPS) is 16.4. The number of carbonyl (C=O) groups is 2. The summed E-state index contributed by atoms with van der Waals surface area (Å²) in [5, 5.41) is 10.1. The lowest BCUT2D eigenvalue weighted by Gasteiger charge is -2.06. The molecule has 5 nitrogen and oxygen atoms in total. The Balaban J connectivity index is 4.12. The predicted molar refractivity (Wildman–Crippen MR) is 32.6 cm³/mol. The third-order valence-corrected chi connectivity index (χ3v) is 0.796. The molecule has 0 aliphatic heterocycles. The lowest BCUT2D eigenvalue weighted by molar-refractivity contribution is -0.138. The van der Waals surface area contributed by atoms with Crippen molar-refractivity contribution in [2.45, 2.75) is 12.9 Å². The van der Waals surface area contributed by atoms with E-state index in [9.17, 15) is 9.59 Å². The fourth-order valence-corrected chi connectivity index (χ4v) is 0.258. The van der Waals surface area contributed by atoms with Crippen LogP contribution in [0.5, 0.6) is 0 Å². The van der Waals surface area contributed by atoms with Gasteiger partial charge in [-0.25, -0.2) is 4.79 Å². The first-order chi connectivity index (χ1) is 4.90. The minimum atomic E-state index is -2.03. The molecule has 0 rings (SSSR count). The van der Waals surface area contributed by atoms with Crippen molar-refractivity contribution in [3.63, 3.8) is 0 Å². The van der Waals surface area contributed by atoms with E-state index in [2.05, 4.69) is 4.74 Å². The van der Waals surface area contributed by atoms with Gasteiger partial charge < -0.3 is 15.2 Å². The van der Waals surface area contributed by atoms with Crippen LogP contribution in [0.25, 0.3) is 0 Å². The quantitative estimate of drug-likeness (QED) is 0.569. The standard InChI is InChI=1S/C5H9NO4/c1-3(4(7)8)6-5(9)10-2/h3H,1-2H3,(H,6,9)(H,7,8)/t3-/m0/s1/i3D. The number of hydrogen-bond acceptors (Lipinski definition) is 3. The molecular weight excluding hydrogens is 138 g/mol. The molecule has 5 heteroatoms. The van der Waals surface area contributed by atoms with E-state index < -0.39 is 18.1 Å². The van der Waals surface area contributed by atoms with E-state index in [1.54, 1.807) is 0 Å². The summed E-state index contributed by atoms with van der Waals surface area (Å²) < 4.78 is 11.1. The van der Waals surface area contributed by atoms with Gasteiger partial charge in [0.05, 0.1) is 8.48 Å². The van der Waals surface area contributed by atoms with Gasteiger partial charge >= 0.3 is 12.1 Å². The Labute approximate surface area is 59.4 Å². The highest BCUT2D eigenvalue weighted by Gasteiger charge is 2.12. The number of aliphatic carboxylic acids is 1. The fourth-order valence-electron chi connectivity index (χ4n) is 0.258. The van der Waals surface area contributed by atoms with Crippen molar-refractivity contribution in [2.75, 3.05) is 7.11 Å². The molecule has 58 valence electrons. The molecule has 0 aliphatic rings. The number of carboxylic acid groups (broad SMARTS) is 1. The van der Waals surface area contributed by atoms with Gasteiger partial charge in [-0.15, -0.1) is 0 Å². The van der Waals surface area contributed by atoms with Gasteiger partial charge in [-0.05, 0) is 6.92 Å². The molecule has 0 aromatic heterocycles. The molecule has 0 bridgehead atoms. The van der Waals surface area contributed by atoms with E-state index >= 15 is 0 Å². The number of hydrogen-bond donors (Lipinski definition) is 2. The minimum absolute atomic E-state index is 0.940. The second-order valence-electron chi connectivity index (χ2n) is 1.55. The number of ether oxygens (including phenoxy) is 1. The molecule has 0 radical (unpaired) electrons. The number of nitrogens with one attached hydrogen (secondary N) is 1. The third kappa shape index (κ3) is 2.91. The molecule has 0 fully saturated rings. The van der Waals surface area contributed by atoms with Crippen LogP contribution in [0.1, 0.15) is 8.29 Å². The summed E-state index contributed by atoms with van der Waals surface area (Å²) >= 11 is 0. The molecule has 10 heavy (non-hydrogen) atoms. The molecule has 1 atom stereocenters. The molecule has 0 aromatic rings. The largest absolute Gasteiger partial charge is 0.480 e. The Hall–Kier alpha value is -1.26. The maximum atomic E-state index is 10.4. The summed E-state index contributed by atoms with van der Waals surface area (Å²) in [6, 6.07) is -2.03. The summed E-state index contributed by atoms with van der Waals surface area (Å²) in [6.45, 7) is 1.03. The van der Waals surface area contributed by atoms with E-state index in [4.69, 9.17) is 6.48 Å². The van der Waals surface area contributed by atoms with Crippen molar-refractivity contribution in [3.05, 3.63) is 0 Å².